The van der Waals surface area contributed by atoms with Crippen LogP contribution in [0.5, 0.6) is 11.5 Å². The van der Waals surface area contributed by atoms with Crippen molar-refractivity contribution in [3.63, 3.8) is 0 Å². The molecule has 1 aromatic carbocycles. The molecule has 9 heteroatoms. The Hall–Kier alpha value is -2.71. The van der Waals surface area contributed by atoms with Crippen molar-refractivity contribution in [2.24, 2.45) is 5.92 Å². The van der Waals surface area contributed by atoms with E-state index >= 15 is 0 Å². The van der Waals surface area contributed by atoms with Crippen LogP contribution < -0.4 is 9.47 Å². The van der Waals surface area contributed by atoms with Crippen molar-refractivity contribution in [1.82, 2.24) is 0 Å². The number of carbonyl (C=O) groups is 1. The lowest BCUT2D eigenvalue weighted by Crippen LogP contribution is -2.45. The number of fused-ring (bicyclic) bond motifs is 3. The zero-order valence-electron chi connectivity index (χ0n) is 18.8. The lowest BCUT2D eigenvalue weighted by molar-refractivity contribution is -0.757. The summed E-state index contributed by atoms with van der Waals surface area (Å²) in [5.41, 5.74) is 0.978. The van der Waals surface area contributed by atoms with Gasteiger partial charge in [-0.15, -0.1) is 10.1 Å². The van der Waals surface area contributed by atoms with Gasteiger partial charge in [0.2, 0.25) is 0 Å². The summed E-state index contributed by atoms with van der Waals surface area (Å²) in [6.45, 7) is 7.07. The van der Waals surface area contributed by atoms with Gasteiger partial charge in [0.25, 0.3) is 11.0 Å². The first kappa shape index (κ1) is 23.9. The first-order valence-corrected chi connectivity index (χ1v) is 10.8. The summed E-state index contributed by atoms with van der Waals surface area (Å²) in [5.74, 6) is -3.32. The fourth-order valence-corrected chi connectivity index (χ4v) is 4.58. The minimum absolute atomic E-state index is 0.0383. The summed E-state index contributed by atoms with van der Waals surface area (Å²) in [6, 6.07) is 2.60. The van der Waals surface area contributed by atoms with Crippen LogP contribution in [0.4, 0.5) is 8.78 Å². The van der Waals surface area contributed by atoms with Gasteiger partial charge in [0, 0.05) is 35.8 Å². The number of alkyl halides is 2. The van der Waals surface area contributed by atoms with E-state index in [2.05, 4.69) is 10.9 Å². The zero-order chi connectivity index (χ0) is 23.7. The standard InChI is InChI=1S/C23H29F2NO6/c1-5-23(24,25)15-12-18(31-20(27)7-6-10-30-26(28)29)21-16-11-14(2)8-9-17(16)22(3,4)32-19(21)13-15/h8,12-13,16-17H,5-7,9-11H2,1-4H3. The smallest absolute Gasteiger partial charge is 0.311 e. The molecule has 0 spiro atoms. The Morgan fingerprint density at radius 2 is 2.09 bits per heavy atom. The molecule has 0 bridgehead atoms. The maximum atomic E-state index is 14.6. The van der Waals surface area contributed by atoms with E-state index in [0.717, 1.165) is 12.8 Å². The third kappa shape index (κ3) is 5.02. The molecule has 0 aromatic heterocycles. The topological polar surface area (TPSA) is 87.9 Å². The van der Waals surface area contributed by atoms with Crippen molar-refractivity contribution < 1.29 is 33.0 Å². The number of rotatable bonds is 8. The van der Waals surface area contributed by atoms with Gasteiger partial charge in [0.15, 0.2) is 0 Å². The number of carbonyl (C=O) groups excluding carboxylic acids is 1. The second-order valence-corrected chi connectivity index (χ2v) is 8.99. The molecule has 32 heavy (non-hydrogen) atoms. The fraction of sp³-hybridized carbons (Fsp3) is 0.609. The lowest BCUT2D eigenvalue weighted by Gasteiger charge is -2.47. The van der Waals surface area contributed by atoms with Gasteiger partial charge in [-0.25, -0.2) is 8.78 Å². The molecule has 2 aliphatic rings. The number of halogens is 2. The van der Waals surface area contributed by atoms with Crippen LogP contribution >= 0.6 is 0 Å². The quantitative estimate of drug-likeness (QED) is 0.125. The molecular weight excluding hydrogens is 424 g/mol. The van der Waals surface area contributed by atoms with Gasteiger partial charge in [-0.2, -0.15) is 0 Å². The highest BCUT2D eigenvalue weighted by atomic mass is 19.3. The first-order valence-electron chi connectivity index (χ1n) is 10.8. The van der Waals surface area contributed by atoms with E-state index in [1.54, 1.807) is 0 Å². The third-order valence-electron chi connectivity index (χ3n) is 6.30. The number of hydrogen-bond acceptors (Lipinski definition) is 6. The van der Waals surface area contributed by atoms with Crippen LogP contribution in [0.2, 0.25) is 0 Å². The molecule has 1 heterocycles. The average molecular weight is 453 g/mol. The van der Waals surface area contributed by atoms with Crippen LogP contribution in [0.25, 0.3) is 0 Å². The summed E-state index contributed by atoms with van der Waals surface area (Å²) < 4.78 is 41.0. The van der Waals surface area contributed by atoms with E-state index in [0.29, 0.717) is 11.3 Å². The van der Waals surface area contributed by atoms with E-state index in [4.69, 9.17) is 9.47 Å². The maximum Gasteiger partial charge on any atom is 0.311 e. The van der Waals surface area contributed by atoms with Gasteiger partial charge >= 0.3 is 5.97 Å². The van der Waals surface area contributed by atoms with Crippen molar-refractivity contribution in [3.8, 4) is 11.5 Å². The van der Waals surface area contributed by atoms with Crippen LogP contribution in [0.1, 0.15) is 76.8 Å². The van der Waals surface area contributed by atoms with E-state index in [1.165, 1.54) is 24.6 Å². The van der Waals surface area contributed by atoms with Crippen LogP contribution in [0, 0.1) is 16.0 Å². The molecule has 176 valence electrons. The second-order valence-electron chi connectivity index (χ2n) is 8.99. The Labute approximate surface area is 185 Å². The number of esters is 1. The van der Waals surface area contributed by atoms with Crippen LogP contribution in [0.3, 0.4) is 0 Å². The molecule has 1 aliphatic carbocycles. The monoisotopic (exact) mass is 453 g/mol. The number of nitrogens with zero attached hydrogens (tertiary/aromatic N) is 1. The van der Waals surface area contributed by atoms with E-state index in [9.17, 15) is 23.7 Å². The normalized spacial score (nSPS) is 21.5. The molecule has 3 rings (SSSR count). The van der Waals surface area contributed by atoms with Crippen molar-refractivity contribution in [2.45, 2.75) is 77.2 Å². The highest BCUT2D eigenvalue weighted by molar-refractivity contribution is 5.73. The fourth-order valence-electron chi connectivity index (χ4n) is 4.58. The SMILES string of the molecule is CCC(F)(F)c1cc(OC(=O)CCCO[N+](=O)[O-])c2c(c1)OC(C)(C)C1CC=C(C)CC21. The van der Waals surface area contributed by atoms with Gasteiger partial charge in [-0.3, -0.25) is 4.79 Å². The molecule has 2 unspecified atom stereocenters. The number of ether oxygens (including phenoxy) is 2. The molecular formula is C23H29F2NO6. The molecule has 0 saturated heterocycles. The molecule has 7 nitrogen and oxygen atoms in total. The summed E-state index contributed by atoms with van der Waals surface area (Å²) in [5, 5.41) is 9.31. The van der Waals surface area contributed by atoms with Gasteiger partial charge in [-0.05, 0) is 52.2 Å². The molecule has 0 N–H and O–H groups in total. The Bertz CT molecular complexity index is 927. The Kier molecular flexibility index (Phi) is 6.76. The molecule has 1 aromatic rings. The molecule has 0 amide bonds. The van der Waals surface area contributed by atoms with E-state index in [-0.39, 0.29) is 42.6 Å². The van der Waals surface area contributed by atoms with Gasteiger partial charge in [0.05, 0.1) is 6.61 Å². The van der Waals surface area contributed by atoms with Crippen molar-refractivity contribution in [1.29, 1.82) is 0 Å². The number of benzene rings is 1. The molecule has 1 aliphatic heterocycles. The van der Waals surface area contributed by atoms with Crippen molar-refractivity contribution >= 4 is 5.97 Å². The predicted molar refractivity (Wildman–Crippen MR) is 112 cm³/mol. The number of hydrogen-bond donors (Lipinski definition) is 0. The lowest BCUT2D eigenvalue weighted by atomic mass is 9.67. The molecule has 0 fully saturated rings. The summed E-state index contributed by atoms with van der Waals surface area (Å²) >= 11 is 0. The number of allylic oxidation sites excluding steroid dienone is 2. The van der Waals surface area contributed by atoms with Gasteiger partial charge in [0.1, 0.15) is 17.1 Å². The molecule has 2 atom stereocenters. The van der Waals surface area contributed by atoms with Gasteiger partial charge in [-0.1, -0.05) is 18.6 Å². The van der Waals surface area contributed by atoms with Crippen molar-refractivity contribution in [3.05, 3.63) is 45.0 Å². The minimum Gasteiger partial charge on any atom is -0.487 e. The Balaban J connectivity index is 1.98. The first-order chi connectivity index (χ1) is 14.9. The maximum absolute atomic E-state index is 14.6. The van der Waals surface area contributed by atoms with Gasteiger partial charge < -0.3 is 14.3 Å². The van der Waals surface area contributed by atoms with E-state index < -0.39 is 29.0 Å². The molecule has 0 radical (unpaired) electrons. The van der Waals surface area contributed by atoms with Crippen LogP contribution in [-0.2, 0) is 15.6 Å². The second kappa shape index (κ2) is 9.03. The highest BCUT2D eigenvalue weighted by Gasteiger charge is 2.47. The van der Waals surface area contributed by atoms with E-state index in [1.807, 2.05) is 20.8 Å². The highest BCUT2D eigenvalue weighted by Crippen LogP contribution is 2.55. The third-order valence-corrected chi connectivity index (χ3v) is 6.30. The van der Waals surface area contributed by atoms with Crippen molar-refractivity contribution in [2.75, 3.05) is 6.61 Å². The Morgan fingerprint density at radius 1 is 1.38 bits per heavy atom. The molecule has 0 saturated carbocycles. The predicted octanol–water partition coefficient (Wildman–Crippen LogP) is 5.69. The largest absolute Gasteiger partial charge is 0.487 e. The average Bonchev–Trinajstić information content (AvgIpc) is 2.70. The zero-order valence-corrected chi connectivity index (χ0v) is 18.8. The summed E-state index contributed by atoms with van der Waals surface area (Å²) in [6.07, 6.45) is 3.18. The summed E-state index contributed by atoms with van der Waals surface area (Å²) in [7, 11) is 0. The minimum atomic E-state index is -3.11. The van der Waals surface area contributed by atoms with Crippen LogP contribution in [0.15, 0.2) is 23.8 Å². The Morgan fingerprint density at radius 3 is 2.75 bits per heavy atom. The van der Waals surface area contributed by atoms with Crippen LogP contribution in [-0.4, -0.2) is 23.3 Å². The summed E-state index contributed by atoms with van der Waals surface area (Å²) in [4.78, 5) is 26.9.